The molecule has 4 aliphatic carbocycles. The third-order valence-electron chi connectivity index (χ3n) is 10.2. The summed E-state index contributed by atoms with van der Waals surface area (Å²) in [6, 6.07) is 2.18. The highest BCUT2D eigenvalue weighted by molar-refractivity contribution is 7.73. The van der Waals surface area contributed by atoms with Gasteiger partial charge in [0.25, 0.3) is 7.71 Å². The zero-order valence-corrected chi connectivity index (χ0v) is 26.9. The first kappa shape index (κ1) is 34.3. The lowest BCUT2D eigenvalue weighted by Gasteiger charge is -2.53. The number of hydrogen-bond acceptors (Lipinski definition) is 4. The number of hydrazine groups is 1. The van der Waals surface area contributed by atoms with Gasteiger partial charge >= 0.3 is 7.25 Å². The van der Waals surface area contributed by atoms with Crippen LogP contribution in [0.1, 0.15) is 135 Å². The minimum atomic E-state index is -6.00. The average Bonchev–Trinajstić information content (AvgIpc) is 2.94. The van der Waals surface area contributed by atoms with E-state index in [4.69, 9.17) is 0 Å². The molecule has 4 aliphatic rings. The van der Waals surface area contributed by atoms with E-state index in [-0.39, 0.29) is 0 Å². The van der Waals surface area contributed by atoms with Crippen molar-refractivity contribution in [2.75, 3.05) is 28.2 Å². The molecule has 40 heavy (non-hydrogen) atoms. The Kier molecular flexibility index (Phi) is 14.2. The van der Waals surface area contributed by atoms with Gasteiger partial charge in [-0.25, -0.2) is 5.01 Å². The van der Waals surface area contributed by atoms with Crippen molar-refractivity contribution in [1.29, 1.82) is 0 Å². The molecule has 0 aromatic rings. The van der Waals surface area contributed by atoms with Crippen LogP contribution in [-0.2, 0) is 0 Å². The summed E-state index contributed by atoms with van der Waals surface area (Å²) in [5.41, 5.74) is 0. The standard InChI is InChI=1S/C30H58N4P.BF4/c1-31(27-19-11-8-12-20-27)34(4)35(30-25-17-6-5-7-18-26-30,32(2)28-21-13-9-14-22-28)33(3)29-23-15-10-16-24-29;2-1(3,4)5/h25,27-29H,5-24,26H2,1-4H3;/q+1;-1. The molecule has 4 rings (SSSR count). The smallest absolute Gasteiger partial charge is 0.418 e. The largest absolute Gasteiger partial charge is 0.673 e. The highest BCUT2D eigenvalue weighted by atomic mass is 31.2. The van der Waals surface area contributed by atoms with Crippen LogP contribution in [0.3, 0.4) is 0 Å². The van der Waals surface area contributed by atoms with Crippen LogP contribution >= 0.6 is 7.71 Å². The number of halogens is 4. The molecule has 234 valence electrons. The third kappa shape index (κ3) is 9.40. The van der Waals surface area contributed by atoms with Crippen LogP contribution in [0.4, 0.5) is 17.3 Å². The van der Waals surface area contributed by atoms with Crippen molar-refractivity contribution in [3.63, 3.8) is 0 Å². The molecule has 0 N–H and O–H groups in total. The Morgan fingerprint density at radius 2 is 0.950 bits per heavy atom. The predicted octanol–water partition coefficient (Wildman–Crippen LogP) is 9.93. The maximum Gasteiger partial charge on any atom is 0.673 e. The Hall–Kier alpha value is -0.205. The molecule has 0 aromatic carbocycles. The van der Waals surface area contributed by atoms with Gasteiger partial charge < -0.3 is 17.3 Å². The first-order valence-electron chi connectivity index (χ1n) is 16.5. The summed E-state index contributed by atoms with van der Waals surface area (Å²) in [6.07, 6.45) is 32.1. The van der Waals surface area contributed by atoms with Gasteiger partial charge in [-0.2, -0.15) is 0 Å². The predicted molar refractivity (Wildman–Crippen MR) is 165 cm³/mol. The molecule has 0 atom stereocenters. The summed E-state index contributed by atoms with van der Waals surface area (Å²) < 4.78 is 47.9. The van der Waals surface area contributed by atoms with E-state index in [1.54, 1.807) is 0 Å². The van der Waals surface area contributed by atoms with E-state index in [1.807, 2.05) is 5.31 Å². The Labute approximate surface area is 243 Å². The van der Waals surface area contributed by atoms with E-state index in [2.05, 4.69) is 53.4 Å². The molecule has 0 amide bonds. The molecule has 0 radical (unpaired) electrons. The summed E-state index contributed by atoms with van der Waals surface area (Å²) >= 11 is 0. The molecule has 3 fully saturated rings. The summed E-state index contributed by atoms with van der Waals surface area (Å²) in [4.78, 5) is 0. The Morgan fingerprint density at radius 1 is 0.575 bits per heavy atom. The molecule has 0 aliphatic heterocycles. The van der Waals surface area contributed by atoms with E-state index in [0.717, 1.165) is 12.1 Å². The van der Waals surface area contributed by atoms with Crippen molar-refractivity contribution < 1.29 is 17.3 Å². The van der Waals surface area contributed by atoms with Crippen molar-refractivity contribution in [3.8, 4) is 0 Å². The van der Waals surface area contributed by atoms with Gasteiger partial charge in [-0.1, -0.05) is 75.4 Å². The molecule has 0 heterocycles. The summed E-state index contributed by atoms with van der Waals surface area (Å²) in [5.74, 6) is 0. The molecular formula is C30H58BF4N4P. The van der Waals surface area contributed by atoms with Gasteiger partial charge in [-0.3, -0.25) is 0 Å². The van der Waals surface area contributed by atoms with Gasteiger partial charge in [0.15, 0.2) is 0 Å². The first-order chi connectivity index (χ1) is 19.1. The number of nitrogens with zero attached hydrogens (tertiary/aromatic N) is 4. The zero-order valence-electron chi connectivity index (χ0n) is 26.0. The van der Waals surface area contributed by atoms with Crippen molar-refractivity contribution >= 4 is 15.0 Å². The zero-order chi connectivity index (χ0) is 29.2. The molecule has 3 saturated carbocycles. The third-order valence-corrected chi connectivity index (χ3v) is 14.9. The Balaban J connectivity index is 0.000000810. The molecule has 0 spiro atoms. The fraction of sp³-hybridized carbons (Fsp3) is 0.933. The van der Waals surface area contributed by atoms with E-state index in [0.29, 0.717) is 6.04 Å². The quantitative estimate of drug-likeness (QED) is 0.120. The van der Waals surface area contributed by atoms with Crippen LogP contribution in [0.5, 0.6) is 0 Å². The van der Waals surface area contributed by atoms with Gasteiger partial charge in [-0.15, -0.1) is 9.34 Å². The molecular weight excluding hydrogens is 534 g/mol. The van der Waals surface area contributed by atoms with Gasteiger partial charge in [-0.05, 0) is 63.9 Å². The monoisotopic (exact) mass is 592 g/mol. The van der Waals surface area contributed by atoms with Crippen LogP contribution < -0.4 is 0 Å². The van der Waals surface area contributed by atoms with Gasteiger partial charge in [0, 0.05) is 52.7 Å². The van der Waals surface area contributed by atoms with E-state index in [1.165, 1.54) is 135 Å². The first-order valence-corrected chi connectivity index (χ1v) is 18.1. The van der Waals surface area contributed by atoms with Gasteiger partial charge in [0.05, 0.1) is 0 Å². The van der Waals surface area contributed by atoms with E-state index >= 15 is 0 Å². The summed E-state index contributed by atoms with van der Waals surface area (Å²) in [7, 11) is 2.23. The lowest BCUT2D eigenvalue weighted by molar-refractivity contribution is 0.0296. The molecule has 0 aromatic heterocycles. The van der Waals surface area contributed by atoms with Crippen LogP contribution in [0, 0.1) is 0 Å². The van der Waals surface area contributed by atoms with E-state index < -0.39 is 15.0 Å². The van der Waals surface area contributed by atoms with Gasteiger partial charge in [0.1, 0.15) is 5.31 Å². The fourth-order valence-electron chi connectivity index (χ4n) is 7.92. The second kappa shape index (κ2) is 16.6. The van der Waals surface area contributed by atoms with Gasteiger partial charge in [0.2, 0.25) is 0 Å². The highest BCUT2D eigenvalue weighted by Gasteiger charge is 2.61. The molecule has 4 nitrogen and oxygen atoms in total. The molecule has 0 bridgehead atoms. The van der Waals surface area contributed by atoms with E-state index in [9.17, 15) is 17.3 Å². The summed E-state index contributed by atoms with van der Waals surface area (Å²) in [5, 5.41) is 4.58. The Bertz CT molecular complexity index is 722. The minimum Gasteiger partial charge on any atom is -0.418 e. The number of hydrogen-bond donors (Lipinski definition) is 0. The van der Waals surface area contributed by atoms with Crippen molar-refractivity contribution in [2.45, 2.75) is 153 Å². The SMILES string of the molecule is CN(C1CCCCC1)N(C)[P+](C1=CCCCCCC1)(N(C)C1CCCCC1)N(C)C1CCCCC1.F[B-](F)(F)F. The normalized spacial score (nSPS) is 23.6. The topological polar surface area (TPSA) is 13.0 Å². The van der Waals surface area contributed by atoms with Crippen LogP contribution in [-0.4, -0.2) is 72.7 Å². The lowest BCUT2D eigenvalue weighted by Crippen LogP contribution is -2.55. The van der Waals surface area contributed by atoms with Crippen molar-refractivity contribution in [1.82, 2.24) is 19.1 Å². The number of rotatable bonds is 8. The maximum absolute atomic E-state index is 9.75. The van der Waals surface area contributed by atoms with Crippen LogP contribution in [0.2, 0.25) is 0 Å². The maximum atomic E-state index is 9.75. The highest BCUT2D eigenvalue weighted by Crippen LogP contribution is 2.75. The Morgan fingerprint density at radius 3 is 1.40 bits per heavy atom. The van der Waals surface area contributed by atoms with Crippen molar-refractivity contribution in [3.05, 3.63) is 11.4 Å². The minimum absolute atomic E-state index is 0.710. The van der Waals surface area contributed by atoms with Crippen molar-refractivity contribution in [2.24, 2.45) is 0 Å². The molecule has 0 saturated heterocycles. The summed E-state index contributed by atoms with van der Waals surface area (Å²) in [6.45, 7) is 0. The number of allylic oxidation sites excluding steroid dienone is 2. The lowest BCUT2D eigenvalue weighted by atomic mass is 9.95. The van der Waals surface area contributed by atoms with Crippen LogP contribution in [0.15, 0.2) is 11.4 Å². The second-order valence-corrected chi connectivity index (χ2v) is 16.3. The van der Waals surface area contributed by atoms with Crippen LogP contribution in [0.25, 0.3) is 0 Å². The molecule has 0 unspecified atom stereocenters. The average molecular weight is 593 g/mol. The molecule has 10 heteroatoms. The second-order valence-electron chi connectivity index (χ2n) is 12.8. The fourth-order valence-corrected chi connectivity index (χ4v) is 13.1.